The molecular weight excluding hydrogens is 338 g/mol. The lowest BCUT2D eigenvalue weighted by atomic mass is 10.1. The van der Waals surface area contributed by atoms with Crippen molar-refractivity contribution in [3.8, 4) is 11.1 Å². The fraction of sp³-hybridized carbons (Fsp3) is 0.0526. The molecule has 5 heteroatoms. The van der Waals surface area contributed by atoms with Crippen molar-refractivity contribution < 1.29 is 0 Å². The van der Waals surface area contributed by atoms with Crippen LogP contribution in [0.4, 0.5) is 5.69 Å². The first-order valence-electron chi connectivity index (χ1n) is 7.58. The number of halogens is 1. The van der Waals surface area contributed by atoms with Gasteiger partial charge in [-0.2, -0.15) is 0 Å². The fourth-order valence-corrected chi connectivity index (χ4v) is 3.88. The van der Waals surface area contributed by atoms with Crippen LogP contribution in [0.25, 0.3) is 21.3 Å². The summed E-state index contributed by atoms with van der Waals surface area (Å²) in [6.45, 7) is 0.639. The molecule has 0 aliphatic carbocycles. The van der Waals surface area contributed by atoms with Gasteiger partial charge in [-0.3, -0.25) is 4.98 Å². The van der Waals surface area contributed by atoms with E-state index in [2.05, 4.69) is 32.8 Å². The standard InChI is InChI=1S/C19H14ClN3S/c20-17-10-16(22-11-14-8-4-5-9-21-14)18-15(12-24-19(18)23-17)13-6-2-1-3-7-13/h1-10,12H,11H2,(H,22,23). The number of hydrogen-bond donors (Lipinski definition) is 1. The molecule has 3 nitrogen and oxygen atoms in total. The summed E-state index contributed by atoms with van der Waals surface area (Å²) in [5.74, 6) is 0. The van der Waals surface area contributed by atoms with Gasteiger partial charge in [0.15, 0.2) is 0 Å². The van der Waals surface area contributed by atoms with E-state index in [1.807, 2.05) is 42.5 Å². The van der Waals surface area contributed by atoms with Gasteiger partial charge < -0.3 is 5.32 Å². The summed E-state index contributed by atoms with van der Waals surface area (Å²) in [5.41, 5.74) is 4.31. The third kappa shape index (κ3) is 2.98. The summed E-state index contributed by atoms with van der Waals surface area (Å²) in [6, 6.07) is 18.1. The van der Waals surface area contributed by atoms with Crippen LogP contribution in [-0.2, 0) is 6.54 Å². The normalized spacial score (nSPS) is 10.9. The predicted octanol–water partition coefficient (Wildman–Crippen LogP) is 5.62. The number of anilines is 1. The van der Waals surface area contributed by atoms with Crippen molar-refractivity contribution in [1.82, 2.24) is 9.97 Å². The molecule has 0 saturated carbocycles. The summed E-state index contributed by atoms with van der Waals surface area (Å²) >= 11 is 7.81. The number of benzene rings is 1. The van der Waals surface area contributed by atoms with Crippen molar-refractivity contribution in [1.29, 1.82) is 0 Å². The molecule has 4 aromatic rings. The van der Waals surface area contributed by atoms with Crippen LogP contribution in [0.3, 0.4) is 0 Å². The van der Waals surface area contributed by atoms with Crippen molar-refractivity contribution >= 4 is 38.8 Å². The maximum Gasteiger partial charge on any atom is 0.132 e. The molecule has 1 N–H and O–H groups in total. The van der Waals surface area contributed by atoms with E-state index >= 15 is 0 Å². The Labute approximate surface area is 149 Å². The highest BCUT2D eigenvalue weighted by Crippen LogP contribution is 2.38. The van der Waals surface area contributed by atoms with Crippen LogP contribution in [0.2, 0.25) is 5.15 Å². The SMILES string of the molecule is Clc1cc(NCc2ccccn2)c2c(-c3ccccc3)csc2n1. The molecular formula is C19H14ClN3S. The largest absolute Gasteiger partial charge is 0.379 e. The number of pyridine rings is 2. The molecule has 0 saturated heterocycles. The van der Waals surface area contributed by atoms with E-state index < -0.39 is 0 Å². The second-order valence-electron chi connectivity index (χ2n) is 5.36. The maximum absolute atomic E-state index is 6.20. The van der Waals surface area contributed by atoms with E-state index in [1.165, 1.54) is 11.1 Å². The van der Waals surface area contributed by atoms with Gasteiger partial charge >= 0.3 is 0 Å². The Morgan fingerprint density at radius 3 is 2.67 bits per heavy atom. The number of thiophene rings is 1. The lowest BCUT2D eigenvalue weighted by molar-refractivity contribution is 1.05. The zero-order valence-corrected chi connectivity index (χ0v) is 14.3. The summed E-state index contributed by atoms with van der Waals surface area (Å²) in [6.07, 6.45) is 1.80. The average molecular weight is 352 g/mol. The van der Waals surface area contributed by atoms with Crippen LogP contribution >= 0.6 is 22.9 Å². The lowest BCUT2D eigenvalue weighted by Crippen LogP contribution is -2.02. The Kier molecular flexibility index (Phi) is 4.15. The molecule has 24 heavy (non-hydrogen) atoms. The van der Waals surface area contributed by atoms with Gasteiger partial charge in [-0.05, 0) is 23.8 Å². The van der Waals surface area contributed by atoms with Crippen LogP contribution in [0, 0.1) is 0 Å². The highest BCUT2D eigenvalue weighted by atomic mass is 35.5. The second kappa shape index (κ2) is 6.59. The molecule has 3 heterocycles. The van der Waals surface area contributed by atoms with Gasteiger partial charge in [-0.25, -0.2) is 4.98 Å². The number of nitrogens with zero attached hydrogens (tertiary/aromatic N) is 2. The van der Waals surface area contributed by atoms with Crippen molar-refractivity contribution in [3.63, 3.8) is 0 Å². The first-order valence-corrected chi connectivity index (χ1v) is 8.84. The lowest BCUT2D eigenvalue weighted by Gasteiger charge is -2.10. The molecule has 0 atom stereocenters. The third-order valence-electron chi connectivity index (χ3n) is 3.78. The zero-order valence-electron chi connectivity index (χ0n) is 12.7. The monoisotopic (exact) mass is 351 g/mol. The van der Waals surface area contributed by atoms with E-state index in [0.29, 0.717) is 11.7 Å². The highest BCUT2D eigenvalue weighted by molar-refractivity contribution is 7.17. The molecule has 0 amide bonds. The number of hydrogen-bond acceptors (Lipinski definition) is 4. The molecule has 0 bridgehead atoms. The fourth-order valence-electron chi connectivity index (χ4n) is 2.67. The van der Waals surface area contributed by atoms with Gasteiger partial charge in [0, 0.05) is 28.2 Å². The number of fused-ring (bicyclic) bond motifs is 1. The van der Waals surface area contributed by atoms with Crippen molar-refractivity contribution in [2.24, 2.45) is 0 Å². The van der Waals surface area contributed by atoms with Gasteiger partial charge in [0.1, 0.15) is 9.98 Å². The van der Waals surface area contributed by atoms with Gasteiger partial charge in [0.05, 0.1) is 12.2 Å². The highest BCUT2D eigenvalue weighted by Gasteiger charge is 2.13. The summed E-state index contributed by atoms with van der Waals surface area (Å²) in [7, 11) is 0. The van der Waals surface area contributed by atoms with Crippen LogP contribution in [0.1, 0.15) is 5.69 Å². The third-order valence-corrected chi connectivity index (χ3v) is 4.85. The first kappa shape index (κ1) is 15.1. The summed E-state index contributed by atoms with van der Waals surface area (Å²) < 4.78 is 0. The Morgan fingerprint density at radius 1 is 1.04 bits per heavy atom. The minimum absolute atomic E-state index is 0.493. The Morgan fingerprint density at radius 2 is 1.88 bits per heavy atom. The molecule has 0 unspecified atom stereocenters. The molecule has 4 rings (SSSR count). The number of rotatable bonds is 4. The quantitative estimate of drug-likeness (QED) is 0.484. The molecule has 0 aliphatic heterocycles. The van der Waals surface area contributed by atoms with Crippen molar-refractivity contribution in [2.45, 2.75) is 6.54 Å². The van der Waals surface area contributed by atoms with Gasteiger partial charge in [-0.15, -0.1) is 11.3 Å². The van der Waals surface area contributed by atoms with Crippen LogP contribution in [-0.4, -0.2) is 9.97 Å². The van der Waals surface area contributed by atoms with Crippen LogP contribution in [0.5, 0.6) is 0 Å². The van der Waals surface area contributed by atoms with E-state index in [0.717, 1.165) is 21.6 Å². The van der Waals surface area contributed by atoms with Crippen molar-refractivity contribution in [2.75, 3.05) is 5.32 Å². The maximum atomic E-state index is 6.20. The predicted molar refractivity (Wildman–Crippen MR) is 102 cm³/mol. The Balaban J connectivity index is 1.77. The van der Waals surface area contributed by atoms with Gasteiger partial charge in [0.25, 0.3) is 0 Å². The molecule has 1 aromatic carbocycles. The number of nitrogens with one attached hydrogen (secondary N) is 1. The van der Waals surface area contributed by atoms with Crippen LogP contribution < -0.4 is 5.32 Å². The van der Waals surface area contributed by atoms with Crippen LogP contribution in [0.15, 0.2) is 66.2 Å². The minimum atomic E-state index is 0.493. The van der Waals surface area contributed by atoms with E-state index in [9.17, 15) is 0 Å². The topological polar surface area (TPSA) is 37.8 Å². The molecule has 0 spiro atoms. The second-order valence-corrected chi connectivity index (χ2v) is 6.61. The smallest absolute Gasteiger partial charge is 0.132 e. The molecule has 118 valence electrons. The Bertz CT molecular complexity index is 968. The average Bonchev–Trinajstić information content (AvgIpc) is 3.05. The first-order chi connectivity index (χ1) is 11.8. The molecule has 0 fully saturated rings. The molecule has 0 radical (unpaired) electrons. The summed E-state index contributed by atoms with van der Waals surface area (Å²) in [5, 5.41) is 7.19. The molecule has 0 aliphatic rings. The van der Waals surface area contributed by atoms with E-state index in [1.54, 1.807) is 17.5 Å². The van der Waals surface area contributed by atoms with Gasteiger partial charge in [-0.1, -0.05) is 48.0 Å². The minimum Gasteiger partial charge on any atom is -0.379 e. The Hall–Kier alpha value is -2.43. The van der Waals surface area contributed by atoms with Gasteiger partial charge in [0.2, 0.25) is 0 Å². The number of aromatic nitrogens is 2. The summed E-state index contributed by atoms with van der Waals surface area (Å²) in [4.78, 5) is 9.76. The van der Waals surface area contributed by atoms with E-state index in [4.69, 9.17) is 11.6 Å². The zero-order chi connectivity index (χ0) is 16.4. The molecule has 3 aromatic heterocycles. The van der Waals surface area contributed by atoms with Crippen molar-refractivity contribution in [3.05, 3.63) is 77.0 Å². The van der Waals surface area contributed by atoms with E-state index in [-0.39, 0.29) is 0 Å².